The zero-order valence-corrected chi connectivity index (χ0v) is 10.1. The molecule has 2 rings (SSSR count). The minimum Gasteiger partial charge on any atom is -0.465 e. The molecule has 0 spiro atoms. The first-order chi connectivity index (χ1) is 8.52. The number of nitrogens with two attached hydrogens (primary N) is 1. The first-order valence-electron chi connectivity index (χ1n) is 5.32. The fraction of sp³-hybridized carbons (Fsp3) is 0.154. The maximum absolute atomic E-state index is 11.7. The maximum Gasteiger partial charge on any atom is 0.338 e. The van der Waals surface area contributed by atoms with E-state index in [1.807, 2.05) is 13.0 Å². The van der Waals surface area contributed by atoms with Crippen LogP contribution in [0.5, 0.6) is 0 Å². The number of carbonyl (C=O) groups is 2. The van der Waals surface area contributed by atoms with E-state index in [0.29, 0.717) is 10.9 Å². The quantitative estimate of drug-likeness (QED) is 0.810. The Bertz CT molecular complexity index is 650. The molecule has 5 heteroatoms. The van der Waals surface area contributed by atoms with Gasteiger partial charge in [0.15, 0.2) is 0 Å². The molecular weight excluding hydrogens is 232 g/mol. The van der Waals surface area contributed by atoms with E-state index >= 15 is 0 Å². The van der Waals surface area contributed by atoms with Gasteiger partial charge in [-0.1, -0.05) is 12.1 Å². The molecule has 92 valence electrons. The highest BCUT2D eigenvalue weighted by Crippen LogP contribution is 2.20. The Morgan fingerprint density at radius 1 is 1.28 bits per heavy atom. The van der Waals surface area contributed by atoms with Gasteiger partial charge < -0.3 is 10.5 Å². The van der Waals surface area contributed by atoms with Crippen LogP contribution in [0.25, 0.3) is 10.9 Å². The highest BCUT2D eigenvalue weighted by Gasteiger charge is 2.15. The van der Waals surface area contributed by atoms with E-state index in [9.17, 15) is 9.59 Å². The van der Waals surface area contributed by atoms with Gasteiger partial charge in [-0.15, -0.1) is 0 Å². The normalized spacial score (nSPS) is 10.3. The molecule has 0 aliphatic carbocycles. The molecular formula is C13H12N2O3. The first kappa shape index (κ1) is 12.0. The Balaban J connectivity index is 2.80. The maximum atomic E-state index is 11.7. The van der Waals surface area contributed by atoms with Crippen LogP contribution in [0.15, 0.2) is 24.3 Å². The molecule has 0 fully saturated rings. The average molecular weight is 244 g/mol. The van der Waals surface area contributed by atoms with Crippen LogP contribution in [0.4, 0.5) is 0 Å². The average Bonchev–Trinajstić information content (AvgIpc) is 2.35. The molecule has 0 saturated carbocycles. The number of fused-ring (bicyclic) bond motifs is 1. The molecule has 1 aromatic carbocycles. The summed E-state index contributed by atoms with van der Waals surface area (Å²) >= 11 is 0. The van der Waals surface area contributed by atoms with E-state index in [1.165, 1.54) is 13.2 Å². The SMILES string of the molecule is COC(=O)c1cc(C(N)=O)nc2cc(C)ccc12. The van der Waals surface area contributed by atoms with Crippen molar-refractivity contribution in [3.8, 4) is 0 Å². The number of aromatic nitrogens is 1. The second-order valence-electron chi connectivity index (χ2n) is 3.93. The zero-order valence-electron chi connectivity index (χ0n) is 10.1. The molecule has 1 heterocycles. The number of rotatable bonds is 2. The number of benzene rings is 1. The Morgan fingerprint density at radius 2 is 2.00 bits per heavy atom. The van der Waals surface area contributed by atoms with Gasteiger partial charge in [0.25, 0.3) is 5.91 Å². The van der Waals surface area contributed by atoms with Gasteiger partial charge in [0, 0.05) is 5.39 Å². The standard InChI is InChI=1S/C13H12N2O3/c1-7-3-4-8-9(13(17)18-2)6-11(12(14)16)15-10(8)5-7/h3-6H,1-2H3,(H2,14,16). The first-order valence-corrected chi connectivity index (χ1v) is 5.32. The number of primary amides is 1. The second-order valence-corrected chi connectivity index (χ2v) is 3.93. The summed E-state index contributed by atoms with van der Waals surface area (Å²) in [7, 11) is 1.28. The number of ether oxygens (including phenoxy) is 1. The number of aryl methyl sites for hydroxylation is 1. The Hall–Kier alpha value is -2.43. The number of hydrogen-bond acceptors (Lipinski definition) is 4. The van der Waals surface area contributed by atoms with Crippen molar-refractivity contribution >= 4 is 22.8 Å². The van der Waals surface area contributed by atoms with E-state index < -0.39 is 11.9 Å². The van der Waals surface area contributed by atoms with E-state index in [2.05, 4.69) is 4.98 Å². The van der Waals surface area contributed by atoms with Gasteiger partial charge in [-0.3, -0.25) is 4.79 Å². The van der Waals surface area contributed by atoms with Crippen molar-refractivity contribution in [2.45, 2.75) is 6.92 Å². The molecule has 0 radical (unpaired) electrons. The van der Waals surface area contributed by atoms with Crippen LogP contribution in [-0.4, -0.2) is 24.0 Å². The molecule has 0 unspecified atom stereocenters. The number of esters is 1. The van der Waals surface area contributed by atoms with Crippen LogP contribution in [0.1, 0.15) is 26.4 Å². The summed E-state index contributed by atoms with van der Waals surface area (Å²) in [5.41, 5.74) is 7.06. The third-order valence-corrected chi connectivity index (χ3v) is 2.62. The minimum absolute atomic E-state index is 0.0495. The lowest BCUT2D eigenvalue weighted by molar-refractivity contribution is 0.0603. The van der Waals surface area contributed by atoms with Gasteiger partial charge >= 0.3 is 5.97 Å². The molecule has 1 aromatic heterocycles. The highest BCUT2D eigenvalue weighted by molar-refractivity contribution is 6.06. The fourth-order valence-electron chi connectivity index (χ4n) is 1.74. The van der Waals surface area contributed by atoms with Crippen LogP contribution in [0.2, 0.25) is 0 Å². The summed E-state index contributed by atoms with van der Waals surface area (Å²) in [4.78, 5) is 27.0. The zero-order chi connectivity index (χ0) is 13.3. The van der Waals surface area contributed by atoms with Crippen molar-refractivity contribution in [3.05, 3.63) is 41.1 Å². The largest absolute Gasteiger partial charge is 0.465 e. The lowest BCUT2D eigenvalue weighted by atomic mass is 10.1. The molecule has 2 N–H and O–H groups in total. The number of carbonyl (C=O) groups excluding carboxylic acids is 2. The number of nitrogens with zero attached hydrogens (tertiary/aromatic N) is 1. The third-order valence-electron chi connectivity index (χ3n) is 2.62. The van der Waals surface area contributed by atoms with Crippen molar-refractivity contribution in [1.82, 2.24) is 4.98 Å². The Labute approximate surface area is 104 Å². The minimum atomic E-state index is -0.677. The van der Waals surface area contributed by atoms with E-state index in [-0.39, 0.29) is 11.3 Å². The van der Waals surface area contributed by atoms with Crippen LogP contribution in [0, 0.1) is 6.92 Å². The van der Waals surface area contributed by atoms with Gasteiger partial charge in [0.1, 0.15) is 5.69 Å². The monoisotopic (exact) mass is 244 g/mol. The topological polar surface area (TPSA) is 82.3 Å². The summed E-state index contributed by atoms with van der Waals surface area (Å²) in [6.45, 7) is 1.90. The molecule has 5 nitrogen and oxygen atoms in total. The van der Waals surface area contributed by atoms with Crippen molar-refractivity contribution < 1.29 is 14.3 Å². The van der Waals surface area contributed by atoms with E-state index in [0.717, 1.165) is 5.56 Å². The van der Waals surface area contributed by atoms with Gasteiger partial charge in [0.05, 0.1) is 18.2 Å². The highest BCUT2D eigenvalue weighted by atomic mass is 16.5. The predicted molar refractivity (Wildman–Crippen MR) is 66.3 cm³/mol. The summed E-state index contributed by atoms with van der Waals surface area (Å²) in [5.74, 6) is -1.20. The molecule has 0 atom stereocenters. The summed E-state index contributed by atoms with van der Waals surface area (Å²) in [6, 6.07) is 6.77. The molecule has 2 aromatic rings. The third kappa shape index (κ3) is 2.02. The van der Waals surface area contributed by atoms with Gasteiger partial charge in [-0.05, 0) is 24.6 Å². The predicted octanol–water partition coefficient (Wildman–Crippen LogP) is 1.43. The van der Waals surface area contributed by atoms with E-state index in [1.54, 1.807) is 12.1 Å². The lowest BCUT2D eigenvalue weighted by Gasteiger charge is -2.07. The van der Waals surface area contributed by atoms with Crippen molar-refractivity contribution in [2.75, 3.05) is 7.11 Å². The van der Waals surface area contributed by atoms with Crippen molar-refractivity contribution in [2.24, 2.45) is 5.73 Å². The van der Waals surface area contributed by atoms with Crippen molar-refractivity contribution in [1.29, 1.82) is 0 Å². The van der Waals surface area contributed by atoms with Crippen LogP contribution < -0.4 is 5.73 Å². The van der Waals surface area contributed by atoms with Crippen molar-refractivity contribution in [3.63, 3.8) is 0 Å². The molecule has 0 bridgehead atoms. The van der Waals surface area contributed by atoms with Crippen LogP contribution >= 0.6 is 0 Å². The van der Waals surface area contributed by atoms with Gasteiger partial charge in [-0.2, -0.15) is 0 Å². The molecule has 0 saturated heterocycles. The fourth-order valence-corrected chi connectivity index (χ4v) is 1.74. The molecule has 0 aliphatic rings. The molecule has 18 heavy (non-hydrogen) atoms. The Morgan fingerprint density at radius 3 is 2.61 bits per heavy atom. The van der Waals surface area contributed by atoms with Gasteiger partial charge in [0.2, 0.25) is 0 Å². The summed E-state index contributed by atoms with van der Waals surface area (Å²) in [6.07, 6.45) is 0. The number of methoxy groups -OCH3 is 1. The number of hydrogen-bond donors (Lipinski definition) is 1. The van der Waals surface area contributed by atoms with Crippen LogP contribution in [-0.2, 0) is 4.74 Å². The second kappa shape index (κ2) is 4.44. The summed E-state index contributed by atoms with van der Waals surface area (Å²) < 4.78 is 4.69. The van der Waals surface area contributed by atoms with E-state index in [4.69, 9.17) is 10.5 Å². The number of amides is 1. The lowest BCUT2D eigenvalue weighted by Crippen LogP contribution is -2.15. The molecule has 0 aliphatic heterocycles. The smallest absolute Gasteiger partial charge is 0.338 e. The van der Waals surface area contributed by atoms with Crippen LogP contribution in [0.3, 0.4) is 0 Å². The van der Waals surface area contributed by atoms with Gasteiger partial charge in [-0.25, -0.2) is 9.78 Å². The Kier molecular flexibility index (Phi) is 2.97. The molecule has 1 amide bonds. The number of pyridine rings is 1. The summed E-state index contributed by atoms with van der Waals surface area (Å²) in [5, 5.41) is 0.637.